The second kappa shape index (κ2) is 7.38. The first kappa shape index (κ1) is 15.7. The van der Waals surface area contributed by atoms with E-state index in [1.54, 1.807) is 11.3 Å². The zero-order chi connectivity index (χ0) is 15.2. The molecule has 1 aromatic carbocycles. The third-order valence-corrected chi connectivity index (χ3v) is 4.42. The maximum atomic E-state index is 12.1. The molecule has 3 nitrogen and oxygen atoms in total. The molecule has 0 aliphatic carbocycles. The van der Waals surface area contributed by atoms with Crippen LogP contribution in [0, 0.1) is 6.92 Å². The van der Waals surface area contributed by atoms with Gasteiger partial charge in [0, 0.05) is 17.1 Å². The average Bonchev–Trinajstić information content (AvgIpc) is 2.84. The minimum Gasteiger partial charge on any atom is -0.325 e. The van der Waals surface area contributed by atoms with Crippen LogP contribution >= 0.6 is 11.3 Å². The molecule has 0 unspecified atom stereocenters. The number of thiophene rings is 1. The number of aryl methyl sites for hydroxylation is 2. The highest BCUT2D eigenvalue weighted by Crippen LogP contribution is 2.17. The van der Waals surface area contributed by atoms with Crippen LogP contribution in [0.3, 0.4) is 0 Å². The predicted molar refractivity (Wildman–Crippen MR) is 89.8 cm³/mol. The molecule has 112 valence electrons. The smallest absolute Gasteiger partial charge is 0.238 e. The standard InChI is InChI=1S/C17H22N2OS/c1-4-14-6-5-7-15(10-14)18-17(20)12-19(3)11-16-13(2)8-9-21-16/h5-10H,4,11-12H2,1-3H3,(H,18,20). The Kier molecular flexibility index (Phi) is 5.53. The van der Waals surface area contributed by atoms with E-state index >= 15 is 0 Å². The summed E-state index contributed by atoms with van der Waals surface area (Å²) in [5, 5.41) is 5.06. The van der Waals surface area contributed by atoms with Crippen molar-refractivity contribution < 1.29 is 4.79 Å². The Bertz CT molecular complexity index is 606. The van der Waals surface area contributed by atoms with Crippen molar-refractivity contribution in [1.29, 1.82) is 0 Å². The Hall–Kier alpha value is -1.65. The van der Waals surface area contributed by atoms with Crippen LogP contribution in [0.4, 0.5) is 5.69 Å². The molecule has 0 aliphatic heterocycles. The maximum absolute atomic E-state index is 12.1. The summed E-state index contributed by atoms with van der Waals surface area (Å²) < 4.78 is 0. The van der Waals surface area contributed by atoms with E-state index in [0.717, 1.165) is 18.7 Å². The van der Waals surface area contributed by atoms with Crippen LogP contribution in [0.15, 0.2) is 35.7 Å². The lowest BCUT2D eigenvalue weighted by Gasteiger charge is -2.16. The number of anilines is 1. The van der Waals surface area contributed by atoms with E-state index in [2.05, 4.69) is 36.7 Å². The van der Waals surface area contributed by atoms with E-state index in [4.69, 9.17) is 0 Å². The molecule has 0 spiro atoms. The lowest BCUT2D eigenvalue weighted by atomic mass is 10.1. The highest BCUT2D eigenvalue weighted by molar-refractivity contribution is 7.10. The van der Waals surface area contributed by atoms with Crippen LogP contribution in [0.25, 0.3) is 0 Å². The molecule has 1 N–H and O–H groups in total. The first-order chi connectivity index (χ1) is 10.1. The van der Waals surface area contributed by atoms with Gasteiger partial charge < -0.3 is 5.32 Å². The third kappa shape index (κ3) is 4.69. The van der Waals surface area contributed by atoms with Crippen molar-refractivity contribution in [3.63, 3.8) is 0 Å². The molecule has 4 heteroatoms. The second-order valence-corrected chi connectivity index (χ2v) is 6.30. The minimum atomic E-state index is 0.0277. The minimum absolute atomic E-state index is 0.0277. The number of carbonyl (C=O) groups is 1. The number of hydrogen-bond acceptors (Lipinski definition) is 3. The largest absolute Gasteiger partial charge is 0.325 e. The quantitative estimate of drug-likeness (QED) is 0.882. The summed E-state index contributed by atoms with van der Waals surface area (Å²) in [6, 6.07) is 10.1. The normalized spacial score (nSPS) is 10.9. The molecule has 0 atom stereocenters. The van der Waals surface area contributed by atoms with Crippen molar-refractivity contribution in [3.05, 3.63) is 51.7 Å². The van der Waals surface area contributed by atoms with E-state index in [1.807, 2.05) is 30.1 Å². The summed E-state index contributed by atoms with van der Waals surface area (Å²) in [5.41, 5.74) is 3.40. The van der Waals surface area contributed by atoms with Crippen molar-refractivity contribution in [3.8, 4) is 0 Å². The van der Waals surface area contributed by atoms with E-state index < -0.39 is 0 Å². The number of amides is 1. The van der Waals surface area contributed by atoms with Gasteiger partial charge in [-0.2, -0.15) is 0 Å². The third-order valence-electron chi connectivity index (χ3n) is 3.41. The summed E-state index contributed by atoms with van der Waals surface area (Å²) in [6.45, 7) is 5.42. The number of nitrogens with one attached hydrogen (secondary N) is 1. The lowest BCUT2D eigenvalue weighted by molar-refractivity contribution is -0.117. The summed E-state index contributed by atoms with van der Waals surface area (Å²) in [6.07, 6.45) is 0.973. The van der Waals surface area contributed by atoms with Crippen LogP contribution in [-0.4, -0.2) is 24.4 Å². The number of likely N-dealkylation sites (N-methyl/N-ethyl adjacent to an activating group) is 1. The van der Waals surface area contributed by atoms with E-state index in [9.17, 15) is 4.79 Å². The van der Waals surface area contributed by atoms with Gasteiger partial charge in [0.15, 0.2) is 0 Å². The molecule has 0 saturated heterocycles. The maximum Gasteiger partial charge on any atom is 0.238 e. The Morgan fingerprint density at radius 1 is 1.33 bits per heavy atom. The van der Waals surface area contributed by atoms with Crippen LogP contribution in [0.1, 0.15) is 22.9 Å². The molecule has 1 heterocycles. The van der Waals surface area contributed by atoms with Gasteiger partial charge >= 0.3 is 0 Å². The summed E-state index contributed by atoms with van der Waals surface area (Å²) in [7, 11) is 1.97. The van der Waals surface area contributed by atoms with Gasteiger partial charge in [0.2, 0.25) is 5.91 Å². The van der Waals surface area contributed by atoms with Crippen molar-refractivity contribution >= 4 is 22.9 Å². The molecule has 0 fully saturated rings. The molecule has 0 bridgehead atoms. The molecule has 0 aliphatic rings. The predicted octanol–water partition coefficient (Wildman–Crippen LogP) is 3.69. The zero-order valence-electron chi connectivity index (χ0n) is 12.8. The van der Waals surface area contributed by atoms with Crippen molar-refractivity contribution in [1.82, 2.24) is 4.90 Å². The summed E-state index contributed by atoms with van der Waals surface area (Å²) in [4.78, 5) is 15.4. The Balaban J connectivity index is 1.87. The second-order valence-electron chi connectivity index (χ2n) is 5.30. The number of benzene rings is 1. The van der Waals surface area contributed by atoms with Crippen LogP contribution in [0.5, 0.6) is 0 Å². The van der Waals surface area contributed by atoms with Gasteiger partial charge in [-0.3, -0.25) is 9.69 Å². The highest BCUT2D eigenvalue weighted by atomic mass is 32.1. The molecule has 1 amide bonds. The first-order valence-corrected chi connectivity index (χ1v) is 8.06. The topological polar surface area (TPSA) is 32.3 Å². The van der Waals surface area contributed by atoms with Crippen molar-refractivity contribution in [2.24, 2.45) is 0 Å². The highest BCUT2D eigenvalue weighted by Gasteiger charge is 2.09. The lowest BCUT2D eigenvalue weighted by Crippen LogP contribution is -2.29. The average molecular weight is 302 g/mol. The Morgan fingerprint density at radius 2 is 2.14 bits per heavy atom. The summed E-state index contributed by atoms with van der Waals surface area (Å²) >= 11 is 1.74. The number of rotatable bonds is 6. The van der Waals surface area contributed by atoms with Crippen LogP contribution < -0.4 is 5.32 Å². The molecule has 2 rings (SSSR count). The summed E-state index contributed by atoms with van der Waals surface area (Å²) in [5.74, 6) is 0.0277. The molecule has 1 aromatic heterocycles. The van der Waals surface area contributed by atoms with Gasteiger partial charge in [-0.05, 0) is 55.1 Å². The molecule has 2 aromatic rings. The fourth-order valence-corrected chi connectivity index (χ4v) is 3.17. The molecular formula is C17H22N2OS. The van der Waals surface area contributed by atoms with Gasteiger partial charge in [0.05, 0.1) is 6.54 Å². The fraction of sp³-hybridized carbons (Fsp3) is 0.353. The van der Waals surface area contributed by atoms with Crippen molar-refractivity contribution in [2.45, 2.75) is 26.8 Å². The number of hydrogen-bond donors (Lipinski definition) is 1. The SMILES string of the molecule is CCc1cccc(NC(=O)CN(C)Cc2sccc2C)c1. The van der Waals surface area contributed by atoms with Crippen LogP contribution in [0.2, 0.25) is 0 Å². The molecule has 0 radical (unpaired) electrons. The van der Waals surface area contributed by atoms with Gasteiger partial charge in [-0.1, -0.05) is 19.1 Å². The number of carbonyl (C=O) groups excluding carboxylic acids is 1. The Morgan fingerprint density at radius 3 is 2.81 bits per heavy atom. The van der Waals surface area contributed by atoms with Crippen LogP contribution in [-0.2, 0) is 17.8 Å². The van der Waals surface area contributed by atoms with Crippen molar-refractivity contribution in [2.75, 3.05) is 18.9 Å². The molecular weight excluding hydrogens is 280 g/mol. The molecule has 0 saturated carbocycles. The molecule has 21 heavy (non-hydrogen) atoms. The van der Waals surface area contributed by atoms with E-state index in [0.29, 0.717) is 6.54 Å². The zero-order valence-corrected chi connectivity index (χ0v) is 13.7. The first-order valence-electron chi connectivity index (χ1n) is 7.18. The van der Waals surface area contributed by atoms with E-state index in [1.165, 1.54) is 16.0 Å². The van der Waals surface area contributed by atoms with Gasteiger partial charge in [-0.15, -0.1) is 11.3 Å². The fourth-order valence-electron chi connectivity index (χ4n) is 2.18. The van der Waals surface area contributed by atoms with Gasteiger partial charge in [0.1, 0.15) is 0 Å². The van der Waals surface area contributed by atoms with Gasteiger partial charge in [-0.25, -0.2) is 0 Å². The number of nitrogens with zero attached hydrogens (tertiary/aromatic N) is 1. The Labute approximate surface area is 130 Å². The van der Waals surface area contributed by atoms with E-state index in [-0.39, 0.29) is 5.91 Å². The van der Waals surface area contributed by atoms with Gasteiger partial charge in [0.25, 0.3) is 0 Å². The monoisotopic (exact) mass is 302 g/mol.